The summed E-state index contributed by atoms with van der Waals surface area (Å²) in [5.74, 6) is 0.0669. The molecule has 5 heteroatoms. The molecule has 1 aliphatic rings. The van der Waals surface area contributed by atoms with Crippen molar-refractivity contribution >= 4 is 21.8 Å². The van der Waals surface area contributed by atoms with E-state index in [2.05, 4.69) is 33.2 Å². The molecule has 1 saturated heterocycles. The van der Waals surface area contributed by atoms with Crippen molar-refractivity contribution in [1.29, 1.82) is 0 Å². The average Bonchev–Trinajstić information content (AvgIpc) is 3.30. The summed E-state index contributed by atoms with van der Waals surface area (Å²) in [7, 11) is 0. The van der Waals surface area contributed by atoms with Gasteiger partial charge in [0.2, 0.25) is 0 Å². The van der Waals surface area contributed by atoms with Gasteiger partial charge >= 0.3 is 0 Å². The molecule has 0 aliphatic carbocycles. The number of benzene rings is 2. The van der Waals surface area contributed by atoms with Gasteiger partial charge in [0.25, 0.3) is 5.91 Å². The summed E-state index contributed by atoms with van der Waals surface area (Å²) in [6, 6.07) is 18.4. The fourth-order valence-corrected chi connectivity index (χ4v) is 3.91. The quantitative estimate of drug-likeness (QED) is 0.615. The summed E-state index contributed by atoms with van der Waals surface area (Å²) in [6.07, 6.45) is 3.74. The summed E-state index contributed by atoms with van der Waals surface area (Å²) in [5.41, 5.74) is 3.70. The number of carbonyl (C=O) groups is 1. The average molecular weight is 410 g/mol. The lowest BCUT2D eigenvalue weighted by Gasteiger charge is -2.25. The smallest absolute Gasteiger partial charge is 0.257 e. The molecule has 4 rings (SSSR count). The van der Waals surface area contributed by atoms with Gasteiger partial charge < -0.3 is 4.90 Å². The topological polar surface area (TPSA) is 38.1 Å². The molecule has 0 saturated carbocycles. The molecule has 1 aliphatic heterocycles. The molecule has 0 bridgehead atoms. The van der Waals surface area contributed by atoms with Crippen molar-refractivity contribution in [2.75, 3.05) is 6.54 Å². The predicted octanol–water partition coefficient (Wildman–Crippen LogP) is 4.92. The molecule has 0 radical (unpaired) electrons. The van der Waals surface area contributed by atoms with Crippen molar-refractivity contribution in [2.45, 2.75) is 25.8 Å². The lowest BCUT2D eigenvalue weighted by molar-refractivity contribution is 0.0735. The van der Waals surface area contributed by atoms with Crippen molar-refractivity contribution in [3.63, 3.8) is 0 Å². The number of likely N-dealkylation sites (tertiary alicyclic amines) is 1. The highest BCUT2D eigenvalue weighted by Crippen LogP contribution is 2.33. The van der Waals surface area contributed by atoms with Gasteiger partial charge in [-0.05, 0) is 49.6 Å². The van der Waals surface area contributed by atoms with Gasteiger partial charge in [0.1, 0.15) is 0 Å². The van der Waals surface area contributed by atoms with Gasteiger partial charge in [-0.1, -0.05) is 46.3 Å². The molecular formula is C21H20BrN3O. The summed E-state index contributed by atoms with van der Waals surface area (Å²) in [4.78, 5) is 15.2. The van der Waals surface area contributed by atoms with Crippen LogP contribution in [0.5, 0.6) is 0 Å². The Morgan fingerprint density at radius 3 is 2.58 bits per heavy atom. The monoisotopic (exact) mass is 409 g/mol. The van der Waals surface area contributed by atoms with E-state index >= 15 is 0 Å². The Kier molecular flexibility index (Phi) is 4.64. The lowest BCUT2D eigenvalue weighted by Crippen LogP contribution is -2.30. The molecule has 0 unspecified atom stereocenters. The van der Waals surface area contributed by atoms with Gasteiger partial charge in [0.05, 0.1) is 29.2 Å². The number of hydrogen-bond donors (Lipinski definition) is 0. The normalized spacial score (nSPS) is 16.8. The third-order valence-electron chi connectivity index (χ3n) is 5.01. The number of halogens is 1. The highest BCUT2D eigenvalue weighted by molar-refractivity contribution is 9.10. The van der Waals surface area contributed by atoms with Crippen LogP contribution in [-0.4, -0.2) is 27.1 Å². The molecule has 1 atom stereocenters. The molecule has 1 aromatic heterocycles. The first kappa shape index (κ1) is 17.0. The van der Waals surface area contributed by atoms with Crippen LogP contribution in [0.3, 0.4) is 0 Å². The number of carbonyl (C=O) groups excluding carboxylic acids is 1. The summed E-state index contributed by atoms with van der Waals surface area (Å²) >= 11 is 3.45. The van der Waals surface area contributed by atoms with Gasteiger partial charge in [-0.25, -0.2) is 4.68 Å². The minimum absolute atomic E-state index is 0.0669. The second-order valence-electron chi connectivity index (χ2n) is 6.60. The summed E-state index contributed by atoms with van der Waals surface area (Å²) in [6.45, 7) is 2.75. The number of aromatic nitrogens is 2. The van der Waals surface area contributed by atoms with Gasteiger partial charge in [-0.15, -0.1) is 0 Å². The molecule has 26 heavy (non-hydrogen) atoms. The van der Waals surface area contributed by atoms with E-state index < -0.39 is 0 Å². The summed E-state index contributed by atoms with van der Waals surface area (Å²) < 4.78 is 2.85. The van der Waals surface area contributed by atoms with E-state index in [0.29, 0.717) is 5.56 Å². The number of amides is 1. The van der Waals surface area contributed by atoms with Crippen molar-refractivity contribution in [3.8, 4) is 5.69 Å². The SMILES string of the molecule is Cc1c(C(=O)N2CCC[C@@H]2c2ccccc2)cnn1-c1ccc(Br)cc1. The highest BCUT2D eigenvalue weighted by Gasteiger charge is 2.32. The van der Waals surface area contributed by atoms with Crippen molar-refractivity contribution in [2.24, 2.45) is 0 Å². The third-order valence-corrected chi connectivity index (χ3v) is 5.54. The zero-order valence-electron chi connectivity index (χ0n) is 14.6. The fourth-order valence-electron chi connectivity index (χ4n) is 3.65. The number of rotatable bonds is 3. The van der Waals surface area contributed by atoms with E-state index in [4.69, 9.17) is 0 Å². The summed E-state index contributed by atoms with van der Waals surface area (Å²) in [5, 5.41) is 4.46. The zero-order chi connectivity index (χ0) is 18.1. The van der Waals surface area contributed by atoms with Crippen molar-refractivity contribution in [1.82, 2.24) is 14.7 Å². The first-order valence-corrected chi connectivity index (χ1v) is 9.61. The number of nitrogens with zero attached hydrogens (tertiary/aromatic N) is 3. The van der Waals surface area contributed by atoms with Gasteiger partial charge in [0, 0.05) is 11.0 Å². The van der Waals surface area contributed by atoms with E-state index in [0.717, 1.165) is 35.2 Å². The Morgan fingerprint density at radius 2 is 1.85 bits per heavy atom. The maximum Gasteiger partial charge on any atom is 0.257 e. The van der Waals surface area contributed by atoms with Crippen LogP contribution >= 0.6 is 15.9 Å². The minimum atomic E-state index is 0.0669. The van der Waals surface area contributed by atoms with Gasteiger partial charge in [0.15, 0.2) is 0 Å². The van der Waals surface area contributed by atoms with Crippen LogP contribution in [0.15, 0.2) is 65.3 Å². The van der Waals surface area contributed by atoms with Gasteiger partial charge in [-0.2, -0.15) is 5.10 Å². The van der Waals surface area contributed by atoms with Crippen molar-refractivity contribution in [3.05, 3.63) is 82.1 Å². The molecule has 3 aromatic rings. The maximum atomic E-state index is 13.2. The molecule has 1 fully saturated rings. The molecule has 132 valence electrons. The zero-order valence-corrected chi connectivity index (χ0v) is 16.2. The molecule has 1 amide bonds. The Bertz CT molecular complexity index is 918. The van der Waals surface area contributed by atoms with E-state index in [1.165, 1.54) is 5.56 Å². The van der Waals surface area contributed by atoms with E-state index in [-0.39, 0.29) is 11.9 Å². The molecule has 0 spiro atoms. The Morgan fingerprint density at radius 1 is 1.12 bits per heavy atom. The van der Waals surface area contributed by atoms with Crippen LogP contribution in [0.25, 0.3) is 5.69 Å². The maximum absolute atomic E-state index is 13.2. The predicted molar refractivity (Wildman–Crippen MR) is 105 cm³/mol. The lowest BCUT2D eigenvalue weighted by atomic mass is 10.0. The van der Waals surface area contributed by atoms with Crippen LogP contribution in [0.4, 0.5) is 0 Å². The Balaban J connectivity index is 1.63. The van der Waals surface area contributed by atoms with Crippen LogP contribution in [-0.2, 0) is 0 Å². The molecule has 2 aromatic carbocycles. The molecule has 4 nitrogen and oxygen atoms in total. The second-order valence-corrected chi connectivity index (χ2v) is 7.51. The Labute approximate surface area is 161 Å². The second kappa shape index (κ2) is 7.08. The van der Waals surface area contributed by atoms with Crippen LogP contribution in [0, 0.1) is 6.92 Å². The van der Waals surface area contributed by atoms with Crippen LogP contribution < -0.4 is 0 Å². The molecule has 2 heterocycles. The highest BCUT2D eigenvalue weighted by atomic mass is 79.9. The van der Waals surface area contributed by atoms with Crippen LogP contribution in [0.2, 0.25) is 0 Å². The van der Waals surface area contributed by atoms with E-state index in [9.17, 15) is 4.79 Å². The van der Waals surface area contributed by atoms with Crippen molar-refractivity contribution < 1.29 is 4.79 Å². The van der Waals surface area contributed by atoms with E-state index in [1.54, 1.807) is 6.20 Å². The third kappa shape index (κ3) is 3.07. The molecular weight excluding hydrogens is 390 g/mol. The largest absolute Gasteiger partial charge is 0.331 e. The Hall–Kier alpha value is -2.40. The first-order chi connectivity index (χ1) is 12.6. The standard InChI is InChI=1S/C21H20BrN3O/c1-15-19(14-23-25(15)18-11-9-17(22)10-12-18)21(26)24-13-5-8-20(24)16-6-3-2-4-7-16/h2-4,6-7,9-12,14,20H,5,8,13H2,1H3/t20-/m1/s1. The van der Waals surface area contributed by atoms with Crippen LogP contribution in [0.1, 0.15) is 40.5 Å². The molecule has 0 N–H and O–H groups in total. The first-order valence-electron chi connectivity index (χ1n) is 8.81. The van der Waals surface area contributed by atoms with Gasteiger partial charge in [-0.3, -0.25) is 4.79 Å². The number of hydrogen-bond acceptors (Lipinski definition) is 2. The minimum Gasteiger partial charge on any atom is -0.331 e. The van der Waals surface area contributed by atoms with E-state index in [1.807, 2.05) is 59.0 Å². The fraction of sp³-hybridized carbons (Fsp3) is 0.238.